The Morgan fingerprint density at radius 3 is 2.66 bits per heavy atom. The van der Waals surface area contributed by atoms with E-state index >= 15 is 0 Å². The standard InChI is InChI=1S/C28H26N6O3S/c29-26-22(27(36)30-28-34(26)31-24(38-28)17-25(35)32-12-6-7-13-32)16-19-18-33(23-11-5-4-10-21(19)23)14-15-37-20-8-2-1-3-9-20/h1-5,8-11,16,18,29H,6-7,12-15,17H2. The van der Waals surface area contributed by atoms with Crippen LogP contribution in [0, 0.1) is 5.41 Å². The molecule has 3 aliphatic rings. The number of hydrogen-bond donors (Lipinski definition) is 1. The number of nitrogens with zero attached hydrogens (tertiary/aromatic N) is 5. The number of likely N-dealkylation sites (tertiary alicyclic amines) is 1. The lowest BCUT2D eigenvalue weighted by molar-refractivity contribution is -0.128. The van der Waals surface area contributed by atoms with Crippen LogP contribution >= 0.6 is 11.8 Å². The molecule has 0 radical (unpaired) electrons. The van der Waals surface area contributed by atoms with Crippen molar-refractivity contribution in [2.45, 2.75) is 25.8 Å². The lowest BCUT2D eigenvalue weighted by atomic mass is 10.1. The van der Waals surface area contributed by atoms with Gasteiger partial charge in [0.15, 0.2) is 5.84 Å². The van der Waals surface area contributed by atoms with Crippen LogP contribution in [-0.2, 0) is 16.1 Å². The van der Waals surface area contributed by atoms with E-state index in [1.54, 1.807) is 6.08 Å². The Morgan fingerprint density at radius 1 is 1.08 bits per heavy atom. The second-order valence-corrected chi connectivity index (χ2v) is 10.3. The van der Waals surface area contributed by atoms with Crippen LogP contribution in [0.25, 0.3) is 17.0 Å². The predicted octanol–water partition coefficient (Wildman–Crippen LogP) is 4.35. The molecule has 0 atom stereocenters. The minimum absolute atomic E-state index is 0.0203. The summed E-state index contributed by atoms with van der Waals surface area (Å²) in [6, 6.07) is 17.6. The van der Waals surface area contributed by atoms with Crippen molar-refractivity contribution in [1.82, 2.24) is 14.5 Å². The van der Waals surface area contributed by atoms with E-state index in [1.807, 2.05) is 65.7 Å². The quantitative estimate of drug-likeness (QED) is 0.461. The summed E-state index contributed by atoms with van der Waals surface area (Å²) in [5.74, 6) is 0.305. The lowest BCUT2D eigenvalue weighted by Crippen LogP contribution is -2.35. The van der Waals surface area contributed by atoms with E-state index in [9.17, 15) is 9.59 Å². The number of amides is 2. The molecule has 1 saturated heterocycles. The van der Waals surface area contributed by atoms with Gasteiger partial charge in [-0.15, -0.1) is 0 Å². The molecule has 2 amide bonds. The molecule has 1 aromatic heterocycles. The van der Waals surface area contributed by atoms with Crippen LogP contribution < -0.4 is 4.74 Å². The number of benzene rings is 2. The molecule has 1 fully saturated rings. The number of thioether (sulfide) groups is 1. The van der Waals surface area contributed by atoms with E-state index in [0.29, 0.717) is 23.4 Å². The maximum Gasteiger partial charge on any atom is 0.283 e. The average Bonchev–Trinajstić information content (AvgIpc) is 3.67. The zero-order valence-electron chi connectivity index (χ0n) is 20.7. The van der Waals surface area contributed by atoms with Gasteiger partial charge in [-0.25, -0.2) is 0 Å². The molecule has 4 heterocycles. The number of hydrazone groups is 1. The Morgan fingerprint density at radius 2 is 1.84 bits per heavy atom. The number of aliphatic imine (C=N–C) groups is 1. The molecule has 1 N–H and O–H groups in total. The second kappa shape index (κ2) is 10.3. The van der Waals surface area contributed by atoms with Crippen LogP contribution in [0.1, 0.15) is 24.8 Å². The van der Waals surface area contributed by atoms with E-state index in [1.165, 1.54) is 16.8 Å². The molecule has 0 unspecified atom stereocenters. The van der Waals surface area contributed by atoms with Crippen molar-refractivity contribution in [1.29, 1.82) is 5.41 Å². The van der Waals surface area contributed by atoms with E-state index in [0.717, 1.165) is 48.1 Å². The molecule has 0 spiro atoms. The van der Waals surface area contributed by atoms with Gasteiger partial charge in [0.1, 0.15) is 17.4 Å². The van der Waals surface area contributed by atoms with Gasteiger partial charge in [0.05, 0.1) is 18.5 Å². The van der Waals surface area contributed by atoms with Crippen molar-refractivity contribution in [2.24, 2.45) is 10.1 Å². The molecule has 0 saturated carbocycles. The third-order valence-electron chi connectivity index (χ3n) is 6.72. The SMILES string of the molecule is N=C1C(=Cc2cn(CCOc3ccccc3)c3ccccc23)C(=O)N=C2SC(CC(=O)N3CCCC3)=NN12. The van der Waals surface area contributed by atoms with Gasteiger partial charge in [0.25, 0.3) is 5.91 Å². The molecule has 3 aliphatic heterocycles. The minimum atomic E-state index is -0.486. The number of hydrogen-bond acceptors (Lipinski definition) is 6. The van der Waals surface area contributed by atoms with Gasteiger partial charge in [-0.1, -0.05) is 36.4 Å². The Balaban J connectivity index is 1.23. The summed E-state index contributed by atoms with van der Waals surface area (Å²) in [7, 11) is 0. The number of para-hydroxylation sites is 2. The van der Waals surface area contributed by atoms with Gasteiger partial charge in [-0.3, -0.25) is 15.0 Å². The zero-order valence-corrected chi connectivity index (χ0v) is 21.5. The van der Waals surface area contributed by atoms with Gasteiger partial charge in [-0.2, -0.15) is 15.1 Å². The van der Waals surface area contributed by atoms with Crippen LogP contribution in [0.3, 0.4) is 0 Å². The van der Waals surface area contributed by atoms with Gasteiger partial charge in [0, 0.05) is 35.8 Å². The van der Waals surface area contributed by atoms with Crippen molar-refractivity contribution in [2.75, 3.05) is 19.7 Å². The Hall–Kier alpha value is -4.18. The van der Waals surface area contributed by atoms with Gasteiger partial charge in [0.2, 0.25) is 11.1 Å². The molecular weight excluding hydrogens is 500 g/mol. The Kier molecular flexibility index (Phi) is 6.55. The molecule has 6 rings (SSSR count). The van der Waals surface area contributed by atoms with Gasteiger partial charge >= 0.3 is 0 Å². The van der Waals surface area contributed by atoms with Crippen molar-refractivity contribution < 1.29 is 14.3 Å². The summed E-state index contributed by atoms with van der Waals surface area (Å²) in [6.07, 6.45) is 5.87. The van der Waals surface area contributed by atoms with E-state index in [4.69, 9.17) is 10.1 Å². The molecule has 0 bridgehead atoms. The highest BCUT2D eigenvalue weighted by Crippen LogP contribution is 2.31. The normalized spacial score (nSPS) is 18.3. The molecular formula is C28H26N6O3S. The minimum Gasteiger partial charge on any atom is -0.492 e. The van der Waals surface area contributed by atoms with Gasteiger partial charge < -0.3 is 14.2 Å². The number of ether oxygens (including phenoxy) is 1. The van der Waals surface area contributed by atoms with Crippen LogP contribution in [-0.4, -0.2) is 62.0 Å². The highest BCUT2D eigenvalue weighted by atomic mass is 32.2. The number of fused-ring (bicyclic) bond motifs is 2. The number of nitrogens with one attached hydrogen (secondary N) is 1. The second-order valence-electron chi connectivity index (χ2n) is 9.23. The third kappa shape index (κ3) is 4.74. The van der Waals surface area contributed by atoms with E-state index in [2.05, 4.69) is 14.7 Å². The number of amidine groups is 2. The summed E-state index contributed by atoms with van der Waals surface area (Å²) in [5, 5.41) is 16.4. The van der Waals surface area contributed by atoms with Crippen LogP contribution in [0.2, 0.25) is 0 Å². The number of aromatic nitrogens is 1. The van der Waals surface area contributed by atoms with Crippen LogP contribution in [0.15, 0.2) is 76.5 Å². The Bertz CT molecular complexity index is 1520. The number of carbonyl (C=O) groups excluding carboxylic acids is 2. The smallest absolute Gasteiger partial charge is 0.283 e. The molecule has 3 aromatic rings. The first kappa shape index (κ1) is 24.2. The molecule has 2 aromatic carbocycles. The fraction of sp³-hybridized carbons (Fsp3) is 0.250. The van der Waals surface area contributed by atoms with Crippen LogP contribution in [0.5, 0.6) is 5.75 Å². The van der Waals surface area contributed by atoms with E-state index in [-0.39, 0.29) is 23.7 Å². The number of carbonyl (C=O) groups is 2. The van der Waals surface area contributed by atoms with Crippen molar-refractivity contribution in [3.8, 4) is 5.75 Å². The number of rotatable bonds is 7. The highest BCUT2D eigenvalue weighted by molar-refractivity contribution is 8.27. The van der Waals surface area contributed by atoms with E-state index < -0.39 is 5.91 Å². The monoisotopic (exact) mass is 526 g/mol. The summed E-state index contributed by atoms with van der Waals surface area (Å²) in [6.45, 7) is 2.65. The fourth-order valence-electron chi connectivity index (χ4n) is 4.82. The molecule has 10 heteroatoms. The van der Waals surface area contributed by atoms with Crippen molar-refractivity contribution in [3.63, 3.8) is 0 Å². The first-order valence-corrected chi connectivity index (χ1v) is 13.4. The summed E-state index contributed by atoms with van der Waals surface area (Å²) < 4.78 is 7.96. The topological polar surface area (TPSA) is 103 Å². The largest absolute Gasteiger partial charge is 0.492 e. The summed E-state index contributed by atoms with van der Waals surface area (Å²) >= 11 is 1.18. The van der Waals surface area contributed by atoms with Crippen molar-refractivity contribution in [3.05, 3.63) is 71.9 Å². The molecule has 0 aliphatic carbocycles. The fourth-order valence-corrected chi connectivity index (χ4v) is 5.70. The lowest BCUT2D eigenvalue weighted by Gasteiger charge is -2.20. The zero-order chi connectivity index (χ0) is 26.1. The first-order valence-electron chi connectivity index (χ1n) is 12.6. The highest BCUT2D eigenvalue weighted by Gasteiger charge is 2.36. The first-order chi connectivity index (χ1) is 18.6. The maximum atomic E-state index is 13.0. The molecule has 9 nitrogen and oxygen atoms in total. The Labute approximate surface area is 224 Å². The third-order valence-corrected chi connectivity index (χ3v) is 7.63. The van der Waals surface area contributed by atoms with Crippen LogP contribution in [0.4, 0.5) is 0 Å². The molecule has 38 heavy (non-hydrogen) atoms. The van der Waals surface area contributed by atoms with Gasteiger partial charge in [-0.05, 0) is 48.9 Å². The summed E-state index contributed by atoms with van der Waals surface area (Å²) in [4.78, 5) is 31.6. The summed E-state index contributed by atoms with van der Waals surface area (Å²) in [5.41, 5.74) is 1.98. The predicted molar refractivity (Wildman–Crippen MR) is 149 cm³/mol. The average molecular weight is 527 g/mol. The maximum absolute atomic E-state index is 13.0. The van der Waals surface area contributed by atoms with Crippen molar-refractivity contribution >= 4 is 56.6 Å². The molecule has 192 valence electrons.